The number of carbonyl (C=O) groups excluding carboxylic acids is 1. The average molecular weight is 469 g/mol. The van der Waals surface area contributed by atoms with Crippen LogP contribution in [-0.2, 0) is 24.2 Å². The number of amides is 1. The molecule has 0 unspecified atom stereocenters. The molecule has 1 aliphatic carbocycles. The lowest BCUT2D eigenvalue weighted by Crippen LogP contribution is -2.39. The highest BCUT2D eigenvalue weighted by molar-refractivity contribution is 7.13. The van der Waals surface area contributed by atoms with E-state index in [0.29, 0.717) is 22.6 Å². The summed E-state index contributed by atoms with van der Waals surface area (Å²) in [5.41, 5.74) is 1.64. The maximum Gasteiger partial charge on any atom is 0.273 e. The van der Waals surface area contributed by atoms with E-state index in [1.807, 2.05) is 6.92 Å². The Labute approximate surface area is 190 Å². The minimum Gasteiger partial charge on any atom is -0.464 e. The van der Waals surface area contributed by atoms with Crippen LogP contribution in [0.4, 0.5) is 8.78 Å². The third kappa shape index (κ3) is 6.48. The first-order valence-electron chi connectivity index (χ1n) is 11.3. The fourth-order valence-corrected chi connectivity index (χ4v) is 5.44. The molecule has 2 aromatic rings. The zero-order valence-corrected chi connectivity index (χ0v) is 19.1. The molecular formula is C22H30F2N4O3S. The number of nitrogens with zero attached hydrogens (tertiary/aromatic N) is 3. The number of hydrogen-bond donors (Lipinski definition) is 1. The van der Waals surface area contributed by atoms with Gasteiger partial charge in [-0.05, 0) is 57.9 Å². The van der Waals surface area contributed by atoms with Gasteiger partial charge in [-0.15, -0.1) is 0 Å². The maximum absolute atomic E-state index is 12.3. The molecule has 32 heavy (non-hydrogen) atoms. The van der Waals surface area contributed by atoms with E-state index in [0.717, 1.165) is 68.7 Å². The van der Waals surface area contributed by atoms with Crippen molar-refractivity contribution in [2.75, 3.05) is 19.7 Å². The van der Waals surface area contributed by atoms with Crippen LogP contribution in [0, 0.1) is 12.8 Å². The molecule has 0 saturated heterocycles. The van der Waals surface area contributed by atoms with Crippen molar-refractivity contribution in [1.82, 2.24) is 20.4 Å². The first-order valence-corrected chi connectivity index (χ1v) is 12.1. The molecule has 1 fully saturated rings. The quantitative estimate of drug-likeness (QED) is 0.604. The molecule has 4 rings (SSSR count). The van der Waals surface area contributed by atoms with Crippen molar-refractivity contribution in [1.29, 1.82) is 0 Å². The number of carbonyl (C=O) groups is 1. The van der Waals surface area contributed by atoms with E-state index in [2.05, 4.69) is 20.4 Å². The molecule has 1 aliphatic heterocycles. The summed E-state index contributed by atoms with van der Waals surface area (Å²) in [4.78, 5) is 20.2. The van der Waals surface area contributed by atoms with Gasteiger partial charge < -0.3 is 14.6 Å². The number of ether oxygens (including phenoxy) is 1. The van der Waals surface area contributed by atoms with E-state index in [1.165, 1.54) is 11.3 Å². The van der Waals surface area contributed by atoms with E-state index < -0.39 is 13.0 Å². The molecule has 1 amide bonds. The molecule has 2 aromatic heterocycles. The Bertz CT molecular complexity index is 896. The summed E-state index contributed by atoms with van der Waals surface area (Å²) < 4.78 is 34.8. The van der Waals surface area contributed by atoms with Crippen LogP contribution in [0.3, 0.4) is 0 Å². The van der Waals surface area contributed by atoms with E-state index in [-0.39, 0.29) is 18.4 Å². The van der Waals surface area contributed by atoms with E-state index in [1.54, 1.807) is 6.07 Å². The summed E-state index contributed by atoms with van der Waals surface area (Å²) in [7, 11) is 0. The molecule has 1 N–H and O–H groups in total. The van der Waals surface area contributed by atoms with E-state index in [4.69, 9.17) is 9.26 Å². The monoisotopic (exact) mass is 468 g/mol. The van der Waals surface area contributed by atoms with Crippen LogP contribution in [0.25, 0.3) is 0 Å². The first kappa shape index (κ1) is 23.1. The lowest BCUT2D eigenvalue weighted by Gasteiger charge is -2.32. The number of aromatic nitrogens is 2. The van der Waals surface area contributed by atoms with Gasteiger partial charge in [0.1, 0.15) is 5.76 Å². The second-order valence-corrected chi connectivity index (χ2v) is 9.80. The Balaban J connectivity index is 1.14. The average Bonchev–Trinajstić information content (AvgIpc) is 3.36. The maximum atomic E-state index is 12.3. The fourth-order valence-electron chi connectivity index (χ4n) is 4.52. The van der Waals surface area contributed by atoms with Crippen molar-refractivity contribution < 1.29 is 22.8 Å². The predicted molar refractivity (Wildman–Crippen MR) is 116 cm³/mol. The first-order chi connectivity index (χ1) is 15.4. The minimum absolute atomic E-state index is 0.00559. The molecular weight excluding hydrogens is 438 g/mol. The van der Waals surface area contributed by atoms with Crippen LogP contribution < -0.4 is 10.1 Å². The van der Waals surface area contributed by atoms with Gasteiger partial charge >= 0.3 is 0 Å². The van der Waals surface area contributed by atoms with Gasteiger partial charge in [0.2, 0.25) is 5.91 Å². The number of aryl methyl sites for hydroxylation is 1. The van der Waals surface area contributed by atoms with Crippen molar-refractivity contribution in [2.24, 2.45) is 5.92 Å². The summed E-state index contributed by atoms with van der Waals surface area (Å²) in [5.74, 6) is 1.39. The van der Waals surface area contributed by atoms with Gasteiger partial charge in [-0.3, -0.25) is 9.69 Å². The third-order valence-corrected chi connectivity index (χ3v) is 7.27. The van der Waals surface area contributed by atoms with Crippen LogP contribution in [-0.4, -0.2) is 53.1 Å². The largest absolute Gasteiger partial charge is 0.464 e. The van der Waals surface area contributed by atoms with Gasteiger partial charge in [0.05, 0.1) is 17.8 Å². The number of rotatable bonds is 9. The Hall–Kier alpha value is -2.07. The topological polar surface area (TPSA) is 80.5 Å². The number of fused-ring (bicyclic) bond motifs is 1. The van der Waals surface area contributed by atoms with Gasteiger partial charge in [-0.25, -0.2) is 13.8 Å². The predicted octanol–water partition coefficient (Wildman–Crippen LogP) is 3.75. The van der Waals surface area contributed by atoms with Crippen molar-refractivity contribution in [3.05, 3.63) is 28.1 Å². The Morgan fingerprint density at radius 2 is 2.19 bits per heavy atom. The smallest absolute Gasteiger partial charge is 0.273 e. The lowest BCUT2D eigenvalue weighted by atomic mass is 9.84. The number of hydrogen-bond acceptors (Lipinski definition) is 7. The zero-order chi connectivity index (χ0) is 22.5. The molecule has 0 spiro atoms. The summed E-state index contributed by atoms with van der Waals surface area (Å²) in [5, 5.41) is 7.37. The molecule has 3 heterocycles. The van der Waals surface area contributed by atoms with Crippen molar-refractivity contribution in [3.63, 3.8) is 0 Å². The van der Waals surface area contributed by atoms with E-state index >= 15 is 0 Å². The SMILES string of the molecule is Cc1cc(CC(=O)N[C@H]2CC[C@H](CCN3CCc4sc(OCC(F)F)nc4C3)CC2)no1. The number of alkyl halides is 2. The zero-order valence-electron chi connectivity index (χ0n) is 18.3. The Morgan fingerprint density at radius 1 is 1.38 bits per heavy atom. The molecule has 7 nitrogen and oxygen atoms in total. The van der Waals surface area contributed by atoms with Crippen LogP contribution in [0.15, 0.2) is 10.6 Å². The van der Waals surface area contributed by atoms with Gasteiger partial charge in [-0.1, -0.05) is 16.5 Å². The number of thiazole rings is 1. The molecule has 0 bridgehead atoms. The minimum atomic E-state index is -2.48. The van der Waals surface area contributed by atoms with Gasteiger partial charge in [-0.2, -0.15) is 0 Å². The molecule has 10 heteroatoms. The summed E-state index contributed by atoms with van der Waals surface area (Å²) in [6, 6.07) is 2.04. The molecule has 0 atom stereocenters. The van der Waals surface area contributed by atoms with Crippen LogP contribution in [0.1, 0.15) is 54.1 Å². The molecule has 1 saturated carbocycles. The highest BCUT2D eigenvalue weighted by Crippen LogP contribution is 2.31. The molecule has 0 aromatic carbocycles. The van der Waals surface area contributed by atoms with Crippen molar-refractivity contribution in [2.45, 2.75) is 70.9 Å². The van der Waals surface area contributed by atoms with Gasteiger partial charge in [0, 0.05) is 30.1 Å². The number of nitrogens with one attached hydrogen (secondary N) is 1. The van der Waals surface area contributed by atoms with Crippen molar-refractivity contribution in [3.8, 4) is 5.19 Å². The molecule has 176 valence electrons. The lowest BCUT2D eigenvalue weighted by molar-refractivity contribution is -0.121. The molecule has 0 radical (unpaired) electrons. The summed E-state index contributed by atoms with van der Waals surface area (Å²) in [6.45, 7) is 3.96. The summed E-state index contributed by atoms with van der Waals surface area (Å²) >= 11 is 1.40. The second-order valence-electron chi connectivity index (χ2n) is 8.76. The highest BCUT2D eigenvalue weighted by atomic mass is 32.1. The van der Waals surface area contributed by atoms with Crippen LogP contribution in [0.2, 0.25) is 0 Å². The standard InChI is InChI=1S/C22H30F2N4O3S/c1-14-10-17(27-31-14)11-21(29)25-16-4-2-15(3-5-16)6-8-28-9-7-19-18(12-28)26-22(32-19)30-13-20(23)24/h10,15-16,20H,2-9,11-13H2,1H3,(H,25,29)/t15-,16-. The Kier molecular flexibility index (Phi) is 7.72. The summed E-state index contributed by atoms with van der Waals surface area (Å²) in [6.07, 6.45) is 4.07. The number of halogens is 2. The third-order valence-electron chi connectivity index (χ3n) is 6.20. The van der Waals surface area contributed by atoms with Crippen LogP contribution >= 0.6 is 11.3 Å². The van der Waals surface area contributed by atoms with Crippen molar-refractivity contribution >= 4 is 17.2 Å². The molecule has 2 aliphatic rings. The fraction of sp³-hybridized carbons (Fsp3) is 0.682. The van der Waals surface area contributed by atoms with Gasteiger partial charge in [0.25, 0.3) is 11.6 Å². The van der Waals surface area contributed by atoms with Gasteiger partial charge in [0.15, 0.2) is 6.61 Å². The highest BCUT2D eigenvalue weighted by Gasteiger charge is 2.25. The van der Waals surface area contributed by atoms with E-state index in [9.17, 15) is 13.6 Å². The second kappa shape index (κ2) is 10.7. The normalized spacial score (nSPS) is 21.5. The van der Waals surface area contributed by atoms with Crippen LogP contribution in [0.5, 0.6) is 5.19 Å². The Morgan fingerprint density at radius 3 is 2.91 bits per heavy atom.